The van der Waals surface area contributed by atoms with Crippen LogP contribution in [0.3, 0.4) is 0 Å². The predicted octanol–water partition coefficient (Wildman–Crippen LogP) is 1.48. The van der Waals surface area contributed by atoms with Crippen molar-refractivity contribution in [3.63, 3.8) is 0 Å². The second-order valence-corrected chi connectivity index (χ2v) is 4.75. The van der Waals surface area contributed by atoms with Crippen molar-refractivity contribution >= 4 is 5.82 Å². The van der Waals surface area contributed by atoms with Gasteiger partial charge in [0.25, 0.3) is 0 Å². The second kappa shape index (κ2) is 4.37. The molecule has 3 rings (SSSR count). The van der Waals surface area contributed by atoms with Crippen LogP contribution >= 0.6 is 0 Å². The lowest BCUT2D eigenvalue weighted by atomic mass is 10.1. The van der Waals surface area contributed by atoms with E-state index < -0.39 is 0 Å². The van der Waals surface area contributed by atoms with E-state index in [1.54, 1.807) is 0 Å². The van der Waals surface area contributed by atoms with Crippen LogP contribution in [0.15, 0.2) is 6.07 Å². The van der Waals surface area contributed by atoms with E-state index in [1.165, 1.54) is 31.2 Å². The number of hydrogen-bond donors (Lipinski definition) is 2. The first-order chi connectivity index (χ1) is 7.92. The van der Waals surface area contributed by atoms with Crippen LogP contribution in [0.1, 0.15) is 36.9 Å². The van der Waals surface area contributed by atoms with Crippen molar-refractivity contribution in [3.05, 3.63) is 17.3 Å². The van der Waals surface area contributed by atoms with E-state index in [9.17, 15) is 0 Å². The largest absolute Gasteiger partial charge is 0.366 e. The van der Waals surface area contributed by atoms with Crippen LogP contribution < -0.4 is 10.6 Å². The average Bonchev–Trinajstić information content (AvgIpc) is 2.82. The van der Waals surface area contributed by atoms with Crippen molar-refractivity contribution in [1.82, 2.24) is 15.5 Å². The summed E-state index contributed by atoms with van der Waals surface area (Å²) in [4.78, 5) is 0. The highest BCUT2D eigenvalue weighted by Gasteiger charge is 2.17. The van der Waals surface area contributed by atoms with Crippen LogP contribution in [0.25, 0.3) is 0 Å². The lowest BCUT2D eigenvalue weighted by Gasteiger charge is -2.18. The summed E-state index contributed by atoms with van der Waals surface area (Å²) in [6.07, 6.45) is 6.25. The molecule has 2 aliphatic rings. The van der Waals surface area contributed by atoms with Crippen molar-refractivity contribution in [3.8, 4) is 0 Å². The molecule has 0 amide bonds. The molecule has 2 N–H and O–H groups in total. The fourth-order valence-corrected chi connectivity index (χ4v) is 2.60. The highest BCUT2D eigenvalue weighted by molar-refractivity contribution is 5.40. The zero-order valence-electron chi connectivity index (χ0n) is 9.50. The zero-order valence-corrected chi connectivity index (χ0v) is 9.50. The fraction of sp³-hybridized carbons (Fsp3) is 0.667. The van der Waals surface area contributed by atoms with Gasteiger partial charge in [0.05, 0.1) is 5.69 Å². The molecule has 16 heavy (non-hydrogen) atoms. The van der Waals surface area contributed by atoms with Crippen LogP contribution in [-0.4, -0.2) is 22.8 Å². The van der Waals surface area contributed by atoms with Gasteiger partial charge in [0, 0.05) is 25.6 Å². The molecular formula is C12H18N4. The van der Waals surface area contributed by atoms with Gasteiger partial charge in [-0.3, -0.25) is 0 Å². The summed E-state index contributed by atoms with van der Waals surface area (Å²) in [6, 6.07) is 2.77. The van der Waals surface area contributed by atoms with Gasteiger partial charge >= 0.3 is 0 Å². The van der Waals surface area contributed by atoms with Crippen molar-refractivity contribution < 1.29 is 0 Å². The Morgan fingerprint density at radius 2 is 2.12 bits per heavy atom. The summed E-state index contributed by atoms with van der Waals surface area (Å²) in [5, 5.41) is 15.4. The molecule has 0 unspecified atom stereocenters. The number of fused-ring (bicyclic) bond motifs is 1. The second-order valence-electron chi connectivity index (χ2n) is 4.75. The maximum Gasteiger partial charge on any atom is 0.149 e. The smallest absolute Gasteiger partial charge is 0.149 e. The van der Waals surface area contributed by atoms with E-state index in [1.807, 2.05) is 0 Å². The van der Waals surface area contributed by atoms with Crippen LogP contribution in [-0.2, 0) is 13.0 Å². The molecule has 1 aliphatic carbocycles. The molecule has 1 aliphatic heterocycles. The summed E-state index contributed by atoms with van der Waals surface area (Å²) in [5.41, 5.74) is 2.47. The molecule has 0 aromatic carbocycles. The zero-order chi connectivity index (χ0) is 10.8. The van der Waals surface area contributed by atoms with Gasteiger partial charge in [-0.05, 0) is 24.5 Å². The Bertz CT molecular complexity index is 371. The van der Waals surface area contributed by atoms with E-state index in [0.29, 0.717) is 6.04 Å². The van der Waals surface area contributed by atoms with Crippen molar-refractivity contribution in [2.75, 3.05) is 11.9 Å². The van der Waals surface area contributed by atoms with Gasteiger partial charge in [0.2, 0.25) is 0 Å². The first-order valence-corrected chi connectivity index (χ1v) is 6.24. The normalized spacial score (nSPS) is 20.8. The Balaban J connectivity index is 1.74. The van der Waals surface area contributed by atoms with Gasteiger partial charge in [0.15, 0.2) is 0 Å². The van der Waals surface area contributed by atoms with Gasteiger partial charge in [-0.1, -0.05) is 12.8 Å². The highest BCUT2D eigenvalue weighted by atomic mass is 15.2. The van der Waals surface area contributed by atoms with Crippen molar-refractivity contribution in [2.45, 2.75) is 44.7 Å². The number of nitrogens with one attached hydrogen (secondary N) is 2. The standard InChI is InChI=1S/C12H18N4/c1-2-4-10(3-1)14-12-7-9-8-13-6-5-11(9)15-16-12/h7,10,13H,1-6,8H2,(H,14,16). The number of anilines is 1. The average molecular weight is 218 g/mol. The first kappa shape index (κ1) is 10.0. The number of nitrogens with zero attached hydrogens (tertiary/aromatic N) is 2. The molecule has 0 atom stereocenters. The summed E-state index contributed by atoms with van der Waals surface area (Å²) in [5.74, 6) is 0.953. The molecule has 1 saturated carbocycles. The summed E-state index contributed by atoms with van der Waals surface area (Å²) in [6.45, 7) is 1.96. The van der Waals surface area contributed by atoms with Crippen molar-refractivity contribution in [1.29, 1.82) is 0 Å². The van der Waals surface area contributed by atoms with Gasteiger partial charge in [-0.2, -0.15) is 5.10 Å². The van der Waals surface area contributed by atoms with Gasteiger partial charge in [-0.15, -0.1) is 5.10 Å². The minimum Gasteiger partial charge on any atom is -0.366 e. The third kappa shape index (κ3) is 2.02. The molecule has 0 bridgehead atoms. The molecule has 1 fully saturated rings. The predicted molar refractivity (Wildman–Crippen MR) is 63.3 cm³/mol. The SMILES string of the molecule is c1c(NC2CCCC2)nnc2c1CNCC2. The third-order valence-electron chi connectivity index (χ3n) is 3.52. The number of rotatable bonds is 2. The summed E-state index contributed by atoms with van der Waals surface area (Å²) >= 11 is 0. The lowest BCUT2D eigenvalue weighted by molar-refractivity contribution is 0.619. The molecule has 0 spiro atoms. The van der Waals surface area contributed by atoms with Gasteiger partial charge in [-0.25, -0.2) is 0 Å². The van der Waals surface area contributed by atoms with E-state index in [0.717, 1.165) is 31.0 Å². The minimum absolute atomic E-state index is 0.615. The molecule has 1 aromatic heterocycles. The highest BCUT2D eigenvalue weighted by Crippen LogP contribution is 2.22. The maximum absolute atomic E-state index is 4.31. The van der Waals surface area contributed by atoms with E-state index in [4.69, 9.17) is 0 Å². The molecule has 86 valence electrons. The monoisotopic (exact) mass is 218 g/mol. The molecule has 4 heteroatoms. The quantitative estimate of drug-likeness (QED) is 0.789. The Morgan fingerprint density at radius 1 is 1.25 bits per heavy atom. The van der Waals surface area contributed by atoms with E-state index in [2.05, 4.69) is 26.9 Å². The van der Waals surface area contributed by atoms with Crippen LogP contribution in [0.2, 0.25) is 0 Å². The van der Waals surface area contributed by atoms with Gasteiger partial charge in [0.1, 0.15) is 5.82 Å². The van der Waals surface area contributed by atoms with Gasteiger partial charge < -0.3 is 10.6 Å². The Morgan fingerprint density at radius 3 is 3.00 bits per heavy atom. The van der Waals surface area contributed by atoms with E-state index in [-0.39, 0.29) is 0 Å². The molecular weight excluding hydrogens is 200 g/mol. The number of aromatic nitrogens is 2. The van der Waals surface area contributed by atoms with Crippen LogP contribution in [0.4, 0.5) is 5.82 Å². The van der Waals surface area contributed by atoms with Crippen LogP contribution in [0.5, 0.6) is 0 Å². The minimum atomic E-state index is 0.615. The van der Waals surface area contributed by atoms with Crippen molar-refractivity contribution in [2.24, 2.45) is 0 Å². The fourth-order valence-electron chi connectivity index (χ4n) is 2.60. The maximum atomic E-state index is 4.31. The van der Waals surface area contributed by atoms with Crippen LogP contribution in [0, 0.1) is 0 Å². The molecule has 4 nitrogen and oxygen atoms in total. The molecule has 2 heterocycles. The third-order valence-corrected chi connectivity index (χ3v) is 3.52. The Kier molecular flexibility index (Phi) is 2.74. The number of hydrogen-bond acceptors (Lipinski definition) is 4. The summed E-state index contributed by atoms with van der Waals surface area (Å²) < 4.78 is 0. The molecule has 0 saturated heterocycles. The first-order valence-electron chi connectivity index (χ1n) is 6.24. The lowest BCUT2D eigenvalue weighted by Crippen LogP contribution is -2.25. The van der Waals surface area contributed by atoms with E-state index >= 15 is 0 Å². The molecule has 0 radical (unpaired) electrons. The topological polar surface area (TPSA) is 49.8 Å². The Labute approximate surface area is 95.8 Å². The molecule has 1 aromatic rings. The summed E-state index contributed by atoms with van der Waals surface area (Å²) in [7, 11) is 0. The Hall–Kier alpha value is -1.16.